The van der Waals surface area contributed by atoms with Crippen LogP contribution in [-0.4, -0.2) is 26.9 Å². The van der Waals surface area contributed by atoms with Gasteiger partial charge in [-0.3, -0.25) is 4.79 Å². The molecule has 0 amide bonds. The third kappa shape index (κ3) is 1.46. The van der Waals surface area contributed by atoms with Crippen LogP contribution >= 0.6 is 0 Å². The zero-order valence-corrected chi connectivity index (χ0v) is 8.97. The van der Waals surface area contributed by atoms with Gasteiger partial charge in [0.1, 0.15) is 11.2 Å². The van der Waals surface area contributed by atoms with Crippen LogP contribution in [0.4, 0.5) is 0 Å². The van der Waals surface area contributed by atoms with Crippen molar-refractivity contribution in [1.29, 1.82) is 0 Å². The highest BCUT2D eigenvalue weighted by atomic mass is 16.4. The first-order valence-electron chi connectivity index (χ1n) is 5.12. The average molecular weight is 222 g/mol. The molecule has 0 saturated heterocycles. The molecule has 4 heteroatoms. The Morgan fingerprint density at radius 1 is 1.31 bits per heavy atom. The van der Waals surface area contributed by atoms with Crippen LogP contribution in [-0.2, 0) is 10.2 Å². The molecule has 0 aromatic heterocycles. The fraction of sp³-hybridized carbons (Fsp3) is 0.417. The number of hydrogen-bond donors (Lipinski definition) is 3. The summed E-state index contributed by atoms with van der Waals surface area (Å²) in [7, 11) is 0. The quantitative estimate of drug-likeness (QED) is 0.704. The Morgan fingerprint density at radius 3 is 2.31 bits per heavy atom. The molecule has 3 N–H and O–H groups in total. The molecule has 0 radical (unpaired) electrons. The average Bonchev–Trinajstić information content (AvgIpc) is 2.14. The van der Waals surface area contributed by atoms with Gasteiger partial charge in [0.15, 0.2) is 0 Å². The van der Waals surface area contributed by atoms with Gasteiger partial charge in [-0.15, -0.1) is 0 Å². The number of carboxylic acids is 1. The summed E-state index contributed by atoms with van der Waals surface area (Å²) in [5, 5.41) is 28.7. The zero-order valence-electron chi connectivity index (χ0n) is 8.97. The Morgan fingerprint density at radius 2 is 1.88 bits per heavy atom. The molecule has 0 unspecified atom stereocenters. The summed E-state index contributed by atoms with van der Waals surface area (Å²) in [4.78, 5) is 11.3. The van der Waals surface area contributed by atoms with E-state index in [1.54, 1.807) is 25.1 Å². The first-order chi connectivity index (χ1) is 7.37. The van der Waals surface area contributed by atoms with Gasteiger partial charge in [-0.05, 0) is 25.8 Å². The molecule has 1 fully saturated rings. The van der Waals surface area contributed by atoms with Gasteiger partial charge in [-0.25, -0.2) is 0 Å². The van der Waals surface area contributed by atoms with E-state index >= 15 is 0 Å². The number of aromatic hydroxyl groups is 1. The molecular formula is C12H14O4. The molecule has 0 atom stereocenters. The summed E-state index contributed by atoms with van der Waals surface area (Å²) >= 11 is 0. The molecule has 1 aliphatic carbocycles. The Bertz CT molecular complexity index is 428. The van der Waals surface area contributed by atoms with Crippen LogP contribution < -0.4 is 0 Å². The van der Waals surface area contributed by atoms with Crippen LogP contribution in [0.5, 0.6) is 5.75 Å². The van der Waals surface area contributed by atoms with Crippen molar-refractivity contribution in [3.63, 3.8) is 0 Å². The summed E-state index contributed by atoms with van der Waals surface area (Å²) in [6.45, 7) is 1.61. The van der Waals surface area contributed by atoms with Crippen LogP contribution in [0.3, 0.4) is 0 Å². The topological polar surface area (TPSA) is 77.8 Å². The second-order valence-corrected chi connectivity index (χ2v) is 4.75. The molecule has 1 aliphatic rings. The molecular weight excluding hydrogens is 208 g/mol. The fourth-order valence-corrected chi connectivity index (χ4v) is 2.58. The number of phenolic OH excluding ortho intramolecular Hbond substituents is 1. The van der Waals surface area contributed by atoms with E-state index in [0.717, 1.165) is 0 Å². The number of para-hydroxylation sites is 1. The number of rotatable bonds is 2. The molecule has 2 rings (SSSR count). The van der Waals surface area contributed by atoms with E-state index < -0.39 is 17.0 Å². The minimum atomic E-state index is -1.14. The molecule has 0 spiro atoms. The fourth-order valence-electron chi connectivity index (χ4n) is 2.58. The number of hydrogen-bond acceptors (Lipinski definition) is 3. The van der Waals surface area contributed by atoms with Crippen molar-refractivity contribution in [3.05, 3.63) is 29.8 Å². The van der Waals surface area contributed by atoms with Gasteiger partial charge in [0.25, 0.3) is 0 Å². The minimum Gasteiger partial charge on any atom is -0.508 e. The molecule has 1 saturated carbocycles. The van der Waals surface area contributed by atoms with Gasteiger partial charge in [0, 0.05) is 5.56 Å². The SMILES string of the molecule is CC1(O)CC(C(=O)O)(c2ccccc2O)C1. The van der Waals surface area contributed by atoms with Crippen LogP contribution in [0, 0.1) is 0 Å². The van der Waals surface area contributed by atoms with Crippen molar-refractivity contribution < 1.29 is 20.1 Å². The standard InChI is InChI=1S/C12H14O4/c1-11(16)6-12(7-11,10(14)15)8-4-2-3-5-9(8)13/h2-5,13,16H,6-7H2,1H3,(H,14,15). The molecule has 1 aromatic carbocycles. The van der Waals surface area contributed by atoms with Crippen molar-refractivity contribution in [2.75, 3.05) is 0 Å². The monoisotopic (exact) mass is 222 g/mol. The van der Waals surface area contributed by atoms with Crippen LogP contribution in [0.2, 0.25) is 0 Å². The Hall–Kier alpha value is -1.55. The predicted octanol–water partition coefficient (Wildman–Crippen LogP) is 1.26. The molecule has 86 valence electrons. The van der Waals surface area contributed by atoms with Gasteiger partial charge >= 0.3 is 5.97 Å². The van der Waals surface area contributed by atoms with Crippen molar-refractivity contribution >= 4 is 5.97 Å². The Kier molecular flexibility index (Phi) is 2.20. The lowest BCUT2D eigenvalue weighted by atomic mass is 9.56. The maximum absolute atomic E-state index is 11.3. The number of phenols is 1. The van der Waals surface area contributed by atoms with E-state index in [2.05, 4.69) is 0 Å². The minimum absolute atomic E-state index is 0.0274. The molecule has 4 nitrogen and oxygen atoms in total. The predicted molar refractivity (Wildman–Crippen MR) is 57.3 cm³/mol. The van der Waals surface area contributed by atoms with Crippen molar-refractivity contribution in [2.24, 2.45) is 0 Å². The van der Waals surface area contributed by atoms with Gasteiger partial charge in [-0.1, -0.05) is 18.2 Å². The summed E-state index contributed by atoms with van der Waals surface area (Å²) < 4.78 is 0. The first kappa shape index (κ1) is 11.0. The Balaban J connectivity index is 2.44. The van der Waals surface area contributed by atoms with Crippen molar-refractivity contribution in [1.82, 2.24) is 0 Å². The van der Waals surface area contributed by atoms with E-state index in [1.807, 2.05) is 0 Å². The molecule has 0 bridgehead atoms. The maximum Gasteiger partial charge on any atom is 0.314 e. The van der Waals surface area contributed by atoms with Gasteiger partial charge in [0.2, 0.25) is 0 Å². The molecule has 16 heavy (non-hydrogen) atoms. The normalized spacial score (nSPS) is 33.1. The summed E-state index contributed by atoms with van der Waals surface area (Å²) in [6.07, 6.45) is 0.264. The van der Waals surface area contributed by atoms with Crippen LogP contribution in [0.1, 0.15) is 25.3 Å². The number of carboxylic acid groups (broad SMARTS) is 1. The lowest BCUT2D eigenvalue weighted by Gasteiger charge is -2.49. The van der Waals surface area contributed by atoms with Crippen LogP contribution in [0.25, 0.3) is 0 Å². The van der Waals surface area contributed by atoms with Gasteiger partial charge < -0.3 is 15.3 Å². The molecule has 0 heterocycles. The second kappa shape index (κ2) is 3.22. The second-order valence-electron chi connectivity index (χ2n) is 4.75. The van der Waals surface area contributed by atoms with Crippen molar-refractivity contribution in [3.8, 4) is 5.75 Å². The van der Waals surface area contributed by atoms with E-state index in [4.69, 9.17) is 0 Å². The number of carbonyl (C=O) groups is 1. The van der Waals surface area contributed by atoms with Crippen molar-refractivity contribution in [2.45, 2.75) is 30.8 Å². The highest BCUT2D eigenvalue weighted by molar-refractivity contribution is 5.84. The summed E-state index contributed by atoms with van der Waals surface area (Å²) in [5.74, 6) is -1.03. The lowest BCUT2D eigenvalue weighted by molar-refractivity contribution is -0.162. The third-order valence-electron chi connectivity index (χ3n) is 3.19. The largest absolute Gasteiger partial charge is 0.508 e. The molecule has 1 aromatic rings. The van der Waals surface area contributed by atoms with Crippen LogP contribution in [0.15, 0.2) is 24.3 Å². The lowest BCUT2D eigenvalue weighted by Crippen LogP contribution is -2.57. The van der Waals surface area contributed by atoms with E-state index in [9.17, 15) is 20.1 Å². The Labute approximate surface area is 93.2 Å². The van der Waals surface area contributed by atoms with E-state index in [1.165, 1.54) is 6.07 Å². The van der Waals surface area contributed by atoms with E-state index in [-0.39, 0.29) is 18.6 Å². The number of aliphatic hydroxyl groups is 1. The summed E-state index contributed by atoms with van der Waals surface area (Å²) in [5.41, 5.74) is -1.72. The smallest absolute Gasteiger partial charge is 0.314 e. The highest BCUT2D eigenvalue weighted by Crippen LogP contribution is 2.52. The first-order valence-corrected chi connectivity index (χ1v) is 5.12. The summed E-state index contributed by atoms with van der Waals surface area (Å²) in [6, 6.07) is 6.39. The molecule has 0 aliphatic heterocycles. The van der Waals surface area contributed by atoms with E-state index in [0.29, 0.717) is 5.56 Å². The number of aliphatic carboxylic acids is 1. The zero-order chi connectivity index (χ0) is 12.0. The third-order valence-corrected chi connectivity index (χ3v) is 3.19. The number of benzene rings is 1. The van der Waals surface area contributed by atoms with Gasteiger partial charge in [0.05, 0.1) is 5.60 Å². The van der Waals surface area contributed by atoms with Gasteiger partial charge in [-0.2, -0.15) is 0 Å². The highest BCUT2D eigenvalue weighted by Gasteiger charge is 2.58. The maximum atomic E-state index is 11.3.